The van der Waals surface area contributed by atoms with E-state index in [1.54, 1.807) is 36.7 Å². The Kier molecular flexibility index (Phi) is 4.07. The summed E-state index contributed by atoms with van der Waals surface area (Å²) < 4.78 is 32.2. The summed E-state index contributed by atoms with van der Waals surface area (Å²) in [7, 11) is 0. The predicted octanol–water partition coefficient (Wildman–Crippen LogP) is 4.55. The molecule has 8 heteroatoms. The van der Waals surface area contributed by atoms with Crippen LogP contribution < -0.4 is 0 Å². The summed E-state index contributed by atoms with van der Waals surface area (Å²) in [6.45, 7) is 0. The van der Waals surface area contributed by atoms with E-state index in [4.69, 9.17) is 0 Å². The van der Waals surface area contributed by atoms with Crippen molar-refractivity contribution in [1.29, 1.82) is 0 Å². The van der Waals surface area contributed by atoms with Gasteiger partial charge in [0.2, 0.25) is 5.82 Å². The zero-order valence-corrected chi connectivity index (χ0v) is 16.7. The molecule has 6 rings (SSSR count). The molecule has 0 spiro atoms. The maximum Gasteiger partial charge on any atom is 0.333 e. The van der Waals surface area contributed by atoms with Gasteiger partial charge in [-0.15, -0.1) is 10.2 Å². The fraction of sp³-hybridized carbons (Fsp3) is 0.125. The van der Waals surface area contributed by atoms with Crippen molar-refractivity contribution in [2.75, 3.05) is 0 Å². The minimum absolute atomic E-state index is 0.144. The molecular formula is C24H16F2N6. The fourth-order valence-electron chi connectivity index (χ4n) is 4.03. The van der Waals surface area contributed by atoms with Crippen molar-refractivity contribution in [3.05, 3.63) is 90.4 Å². The van der Waals surface area contributed by atoms with Gasteiger partial charge in [0, 0.05) is 34.9 Å². The largest absolute Gasteiger partial charge is 0.333 e. The second-order valence-corrected chi connectivity index (χ2v) is 7.74. The van der Waals surface area contributed by atoms with E-state index < -0.39 is 11.7 Å². The predicted molar refractivity (Wildman–Crippen MR) is 118 cm³/mol. The number of allylic oxidation sites excluding steroid dienone is 3. The Balaban J connectivity index is 1.43. The van der Waals surface area contributed by atoms with Crippen LogP contribution in [0.4, 0.5) is 8.78 Å². The van der Waals surface area contributed by atoms with Crippen molar-refractivity contribution in [2.45, 2.75) is 12.0 Å². The first kappa shape index (κ1) is 18.7. The molecule has 0 saturated carbocycles. The van der Waals surface area contributed by atoms with Crippen LogP contribution in [0.3, 0.4) is 0 Å². The Labute approximate surface area is 181 Å². The van der Waals surface area contributed by atoms with Crippen molar-refractivity contribution in [3.8, 4) is 11.3 Å². The summed E-state index contributed by atoms with van der Waals surface area (Å²) in [4.78, 5) is 8.75. The molecule has 6 nitrogen and oxygen atoms in total. The van der Waals surface area contributed by atoms with Crippen LogP contribution in [0.1, 0.15) is 5.82 Å². The number of dihydropyridines is 1. The van der Waals surface area contributed by atoms with Gasteiger partial charge in [-0.1, -0.05) is 42.5 Å². The number of pyridine rings is 1. The summed E-state index contributed by atoms with van der Waals surface area (Å²) in [6.07, 6.45) is 11.6. The third-order valence-corrected chi connectivity index (χ3v) is 5.71. The van der Waals surface area contributed by atoms with Gasteiger partial charge in [-0.05, 0) is 30.3 Å². The van der Waals surface area contributed by atoms with Crippen LogP contribution >= 0.6 is 0 Å². The Morgan fingerprint density at radius 3 is 2.84 bits per heavy atom. The number of nitrogens with zero attached hydrogens (tertiary/aromatic N) is 6. The van der Waals surface area contributed by atoms with Gasteiger partial charge in [-0.25, -0.2) is 0 Å². The molecule has 156 valence electrons. The Hall–Kier alpha value is -4.07. The zero-order valence-electron chi connectivity index (χ0n) is 16.7. The lowest BCUT2D eigenvalue weighted by Crippen LogP contribution is -2.26. The van der Waals surface area contributed by atoms with Gasteiger partial charge in [-0.2, -0.15) is 18.4 Å². The van der Waals surface area contributed by atoms with Crippen LogP contribution in [-0.4, -0.2) is 37.1 Å². The van der Waals surface area contributed by atoms with E-state index in [1.165, 1.54) is 12.2 Å². The number of alkyl halides is 2. The summed E-state index contributed by atoms with van der Waals surface area (Å²) >= 11 is 0. The summed E-state index contributed by atoms with van der Waals surface area (Å²) in [6, 6.07) is 12.8. The Bertz CT molecular complexity index is 1480. The Morgan fingerprint density at radius 2 is 1.91 bits per heavy atom. The average molecular weight is 426 g/mol. The molecule has 2 unspecified atom stereocenters. The van der Waals surface area contributed by atoms with E-state index in [0.717, 1.165) is 21.0 Å². The van der Waals surface area contributed by atoms with Crippen LogP contribution in [0.5, 0.6) is 0 Å². The van der Waals surface area contributed by atoms with Crippen molar-refractivity contribution < 1.29 is 8.78 Å². The quantitative estimate of drug-likeness (QED) is 0.482. The van der Waals surface area contributed by atoms with Gasteiger partial charge in [0.05, 0.1) is 17.3 Å². The number of aromatic nitrogens is 5. The molecule has 1 aliphatic heterocycles. The van der Waals surface area contributed by atoms with E-state index in [1.807, 2.05) is 36.4 Å². The molecule has 0 fully saturated rings. The molecule has 0 radical (unpaired) electrons. The van der Waals surface area contributed by atoms with Gasteiger partial charge >= 0.3 is 5.92 Å². The van der Waals surface area contributed by atoms with Crippen molar-refractivity contribution in [2.24, 2.45) is 10.9 Å². The third kappa shape index (κ3) is 2.95. The van der Waals surface area contributed by atoms with Crippen LogP contribution in [0.25, 0.3) is 27.8 Å². The normalized spacial score (nSPS) is 20.0. The highest BCUT2D eigenvalue weighted by molar-refractivity contribution is 5.82. The number of halogens is 2. The molecule has 2 atom stereocenters. The molecule has 0 N–H and O–H groups in total. The lowest BCUT2D eigenvalue weighted by atomic mass is 9.88. The van der Waals surface area contributed by atoms with Crippen LogP contribution in [-0.2, 0) is 5.92 Å². The van der Waals surface area contributed by atoms with E-state index in [0.29, 0.717) is 5.69 Å². The Morgan fingerprint density at radius 1 is 1.00 bits per heavy atom. The maximum absolute atomic E-state index is 15.5. The summed E-state index contributed by atoms with van der Waals surface area (Å²) in [5.41, 5.74) is 2.18. The van der Waals surface area contributed by atoms with Crippen LogP contribution in [0.2, 0.25) is 0 Å². The number of benzene rings is 1. The molecule has 2 aliphatic rings. The number of hydrogen-bond donors (Lipinski definition) is 0. The third-order valence-electron chi connectivity index (χ3n) is 5.71. The standard InChI is InChI=1S/C24H16F2N6/c25-24(26,18-7-8-20-16(13-18)5-3-11-27-20)23-30-29-22-10-9-21(31-32(22)23)17-12-15-4-1-2-6-19(15)28-14-17/h1-14,16,20H. The van der Waals surface area contributed by atoms with E-state index in [2.05, 4.69) is 25.3 Å². The van der Waals surface area contributed by atoms with E-state index >= 15 is 8.78 Å². The molecule has 1 aromatic carbocycles. The number of fused-ring (bicyclic) bond motifs is 3. The lowest BCUT2D eigenvalue weighted by Gasteiger charge is -2.25. The first-order valence-electron chi connectivity index (χ1n) is 10.2. The highest BCUT2D eigenvalue weighted by atomic mass is 19.3. The van der Waals surface area contributed by atoms with Gasteiger partial charge in [0.15, 0.2) is 5.65 Å². The summed E-state index contributed by atoms with van der Waals surface area (Å²) in [5.74, 6) is -4.11. The fourth-order valence-corrected chi connectivity index (χ4v) is 4.03. The first-order chi connectivity index (χ1) is 15.6. The SMILES string of the molecule is FC(F)(C1=CC2C=CC=NC2C=C1)c1nnc2ccc(-c3cnc4ccccc4c3)nn12. The molecular weight excluding hydrogens is 410 g/mol. The topological polar surface area (TPSA) is 68.3 Å². The highest BCUT2D eigenvalue weighted by Gasteiger charge is 2.42. The van der Waals surface area contributed by atoms with Gasteiger partial charge < -0.3 is 0 Å². The van der Waals surface area contributed by atoms with Crippen molar-refractivity contribution in [3.63, 3.8) is 0 Å². The molecule has 3 aromatic heterocycles. The molecule has 4 heterocycles. The second kappa shape index (κ2) is 6.98. The maximum atomic E-state index is 15.5. The van der Waals surface area contributed by atoms with E-state index in [9.17, 15) is 0 Å². The van der Waals surface area contributed by atoms with Crippen LogP contribution in [0.15, 0.2) is 89.6 Å². The molecule has 1 aliphatic carbocycles. The molecule has 0 bridgehead atoms. The average Bonchev–Trinajstić information content (AvgIpc) is 3.27. The molecule has 0 amide bonds. The van der Waals surface area contributed by atoms with Crippen molar-refractivity contribution in [1.82, 2.24) is 24.8 Å². The highest BCUT2D eigenvalue weighted by Crippen LogP contribution is 2.39. The number of rotatable bonds is 3. The molecule has 4 aromatic rings. The summed E-state index contributed by atoms with van der Waals surface area (Å²) in [5, 5.41) is 13.1. The van der Waals surface area contributed by atoms with Gasteiger partial charge in [0.25, 0.3) is 0 Å². The monoisotopic (exact) mass is 426 g/mol. The zero-order chi connectivity index (χ0) is 21.7. The minimum Gasteiger partial charge on any atom is -0.285 e. The first-order valence-corrected chi connectivity index (χ1v) is 10.2. The lowest BCUT2D eigenvalue weighted by molar-refractivity contribution is 0.0288. The minimum atomic E-state index is -3.37. The smallest absolute Gasteiger partial charge is 0.285 e. The number of aliphatic imine (C=N–C) groups is 1. The van der Waals surface area contributed by atoms with Crippen LogP contribution in [0, 0.1) is 5.92 Å². The molecule has 0 saturated heterocycles. The van der Waals surface area contributed by atoms with Gasteiger partial charge in [-0.3, -0.25) is 9.98 Å². The second-order valence-electron chi connectivity index (χ2n) is 7.74. The molecule has 32 heavy (non-hydrogen) atoms. The van der Waals surface area contributed by atoms with Gasteiger partial charge in [0.1, 0.15) is 0 Å². The van der Waals surface area contributed by atoms with E-state index in [-0.39, 0.29) is 23.2 Å². The van der Waals surface area contributed by atoms with Crippen molar-refractivity contribution >= 4 is 22.8 Å². The number of para-hydroxylation sites is 1. The number of hydrogen-bond acceptors (Lipinski definition) is 5.